The smallest absolute Gasteiger partial charge is 0.230 e. The molecule has 0 spiro atoms. The molecule has 0 aliphatic rings. The molecule has 6 nitrogen and oxygen atoms in total. The topological polar surface area (TPSA) is 77.2 Å². The highest BCUT2D eigenvalue weighted by molar-refractivity contribution is 6.00. The molecule has 0 aliphatic carbocycles. The number of para-hydroxylation sites is 1. The highest BCUT2D eigenvalue weighted by atomic mass is 16.5. The minimum Gasteiger partial charge on any atom is -0.497 e. The zero-order valence-corrected chi connectivity index (χ0v) is 14.7. The van der Waals surface area contributed by atoms with Crippen molar-refractivity contribution < 1.29 is 14.1 Å². The van der Waals surface area contributed by atoms with E-state index in [-0.39, 0.29) is 12.3 Å². The highest BCUT2D eigenvalue weighted by Crippen LogP contribution is 2.25. The summed E-state index contributed by atoms with van der Waals surface area (Å²) >= 11 is 0. The number of anilines is 1. The second-order valence-electron chi connectivity index (χ2n) is 6.02. The fourth-order valence-corrected chi connectivity index (χ4v) is 2.87. The van der Waals surface area contributed by atoms with Gasteiger partial charge in [-0.2, -0.15) is 0 Å². The van der Waals surface area contributed by atoms with E-state index in [1.54, 1.807) is 19.4 Å². The molecule has 0 aliphatic heterocycles. The van der Waals surface area contributed by atoms with Gasteiger partial charge >= 0.3 is 0 Å². The number of hydrogen-bond acceptors (Lipinski definition) is 5. The molecule has 4 rings (SSSR count). The van der Waals surface area contributed by atoms with E-state index in [0.717, 1.165) is 22.2 Å². The molecule has 0 saturated heterocycles. The van der Waals surface area contributed by atoms with E-state index in [2.05, 4.69) is 15.5 Å². The van der Waals surface area contributed by atoms with Crippen LogP contribution in [0.1, 0.15) is 5.69 Å². The Morgan fingerprint density at radius 2 is 1.96 bits per heavy atom. The fraction of sp³-hybridized carbons (Fsp3) is 0.0952. The Morgan fingerprint density at radius 3 is 2.85 bits per heavy atom. The third-order valence-electron chi connectivity index (χ3n) is 4.16. The molecule has 2 aromatic carbocycles. The van der Waals surface area contributed by atoms with Crippen LogP contribution in [0.4, 0.5) is 5.69 Å². The van der Waals surface area contributed by atoms with Crippen LogP contribution in [0.5, 0.6) is 5.75 Å². The molecular formula is C21H17N3O3. The van der Waals surface area contributed by atoms with Gasteiger partial charge in [0.2, 0.25) is 5.91 Å². The van der Waals surface area contributed by atoms with Crippen molar-refractivity contribution >= 4 is 22.5 Å². The Bertz CT molecular complexity index is 1100. The first-order chi connectivity index (χ1) is 13.2. The van der Waals surface area contributed by atoms with Crippen LogP contribution in [-0.4, -0.2) is 23.2 Å². The van der Waals surface area contributed by atoms with Gasteiger partial charge in [-0.15, -0.1) is 0 Å². The summed E-state index contributed by atoms with van der Waals surface area (Å²) in [5, 5.41) is 7.87. The van der Waals surface area contributed by atoms with Crippen molar-refractivity contribution in [2.45, 2.75) is 6.42 Å². The van der Waals surface area contributed by atoms with E-state index in [4.69, 9.17) is 9.26 Å². The van der Waals surface area contributed by atoms with Gasteiger partial charge < -0.3 is 14.6 Å². The average Bonchev–Trinajstić information content (AvgIpc) is 3.17. The average molecular weight is 359 g/mol. The van der Waals surface area contributed by atoms with Gasteiger partial charge in [0.15, 0.2) is 5.76 Å². The zero-order chi connectivity index (χ0) is 18.6. The van der Waals surface area contributed by atoms with Gasteiger partial charge in [0, 0.05) is 23.2 Å². The number of methoxy groups -OCH3 is 1. The number of ether oxygens (including phenoxy) is 1. The fourth-order valence-electron chi connectivity index (χ4n) is 2.87. The molecule has 4 aromatic rings. The largest absolute Gasteiger partial charge is 0.497 e. The van der Waals surface area contributed by atoms with Crippen molar-refractivity contribution in [3.63, 3.8) is 0 Å². The van der Waals surface area contributed by atoms with E-state index < -0.39 is 0 Å². The first-order valence-electron chi connectivity index (χ1n) is 8.46. The van der Waals surface area contributed by atoms with Crippen LogP contribution >= 0.6 is 0 Å². The van der Waals surface area contributed by atoms with Crippen molar-refractivity contribution in [2.75, 3.05) is 12.4 Å². The van der Waals surface area contributed by atoms with Crippen molar-refractivity contribution in [3.8, 4) is 17.1 Å². The Labute approximate surface area is 155 Å². The van der Waals surface area contributed by atoms with Crippen molar-refractivity contribution in [1.29, 1.82) is 0 Å². The van der Waals surface area contributed by atoms with Crippen LogP contribution in [0.25, 0.3) is 22.2 Å². The van der Waals surface area contributed by atoms with Crippen LogP contribution in [-0.2, 0) is 11.2 Å². The van der Waals surface area contributed by atoms with E-state index in [0.29, 0.717) is 17.1 Å². The maximum atomic E-state index is 12.4. The summed E-state index contributed by atoms with van der Waals surface area (Å²) < 4.78 is 10.6. The molecule has 0 saturated carbocycles. The number of nitrogens with zero attached hydrogens (tertiary/aromatic N) is 2. The van der Waals surface area contributed by atoms with Gasteiger partial charge in [-0.25, -0.2) is 0 Å². The monoisotopic (exact) mass is 359 g/mol. The molecule has 6 heteroatoms. The summed E-state index contributed by atoms with van der Waals surface area (Å²) in [4.78, 5) is 16.8. The molecule has 0 radical (unpaired) electrons. The number of pyridine rings is 1. The third-order valence-corrected chi connectivity index (χ3v) is 4.16. The standard InChI is InChI=1S/C21H17N3O3/c1-26-17-8-2-6-15(11-17)19-12-16(24-27-19)13-20(25)23-18-9-3-5-14-7-4-10-22-21(14)18/h2-12H,13H2,1H3,(H,23,25). The van der Waals surface area contributed by atoms with Gasteiger partial charge in [-0.1, -0.05) is 35.5 Å². The molecule has 134 valence electrons. The third kappa shape index (κ3) is 3.64. The molecule has 2 aromatic heterocycles. The molecule has 0 unspecified atom stereocenters. The summed E-state index contributed by atoms with van der Waals surface area (Å²) in [7, 11) is 1.61. The van der Waals surface area contributed by atoms with Gasteiger partial charge in [0.25, 0.3) is 0 Å². The summed E-state index contributed by atoms with van der Waals surface area (Å²) in [5.74, 6) is 1.13. The van der Waals surface area contributed by atoms with E-state index >= 15 is 0 Å². The second-order valence-corrected chi connectivity index (χ2v) is 6.02. The number of aromatic nitrogens is 2. The lowest BCUT2D eigenvalue weighted by Crippen LogP contribution is -2.15. The lowest BCUT2D eigenvalue weighted by atomic mass is 10.1. The number of nitrogens with one attached hydrogen (secondary N) is 1. The first kappa shape index (κ1) is 16.8. The number of amides is 1. The minimum absolute atomic E-state index is 0.108. The summed E-state index contributed by atoms with van der Waals surface area (Å²) in [6.07, 6.45) is 1.81. The summed E-state index contributed by atoms with van der Waals surface area (Å²) in [6.45, 7) is 0. The number of benzene rings is 2. The number of carbonyl (C=O) groups is 1. The maximum Gasteiger partial charge on any atom is 0.230 e. The van der Waals surface area contributed by atoms with Crippen molar-refractivity contribution in [2.24, 2.45) is 0 Å². The van der Waals surface area contributed by atoms with Crippen LogP contribution in [0.2, 0.25) is 0 Å². The summed E-state index contributed by atoms with van der Waals surface area (Å²) in [5.41, 5.74) is 2.82. The number of carbonyl (C=O) groups excluding carboxylic acids is 1. The lowest BCUT2D eigenvalue weighted by molar-refractivity contribution is -0.115. The van der Waals surface area contributed by atoms with E-state index in [9.17, 15) is 4.79 Å². The number of hydrogen-bond donors (Lipinski definition) is 1. The highest BCUT2D eigenvalue weighted by Gasteiger charge is 2.12. The van der Waals surface area contributed by atoms with Crippen molar-refractivity contribution in [3.05, 3.63) is 72.6 Å². The molecule has 2 heterocycles. The second kappa shape index (κ2) is 7.29. The molecular weight excluding hydrogens is 342 g/mol. The Kier molecular flexibility index (Phi) is 4.53. The summed E-state index contributed by atoms with van der Waals surface area (Å²) in [6, 6.07) is 18.7. The minimum atomic E-state index is -0.182. The van der Waals surface area contributed by atoms with Gasteiger partial charge in [-0.3, -0.25) is 9.78 Å². The zero-order valence-electron chi connectivity index (χ0n) is 14.7. The molecule has 1 amide bonds. The Morgan fingerprint density at radius 1 is 1.11 bits per heavy atom. The molecule has 1 N–H and O–H groups in total. The lowest BCUT2D eigenvalue weighted by Gasteiger charge is -2.06. The predicted octanol–water partition coefficient (Wildman–Crippen LogP) is 4.08. The number of rotatable bonds is 5. The van der Waals surface area contributed by atoms with Crippen LogP contribution < -0.4 is 10.1 Å². The molecule has 27 heavy (non-hydrogen) atoms. The van der Waals surface area contributed by atoms with Gasteiger partial charge in [-0.05, 0) is 24.3 Å². The SMILES string of the molecule is COc1cccc(-c2cc(CC(=O)Nc3cccc4cccnc34)no2)c1. The van der Waals surface area contributed by atoms with Crippen molar-refractivity contribution in [1.82, 2.24) is 10.1 Å². The molecule has 0 bridgehead atoms. The quantitative estimate of drug-likeness (QED) is 0.581. The maximum absolute atomic E-state index is 12.4. The van der Waals surface area contributed by atoms with Crippen LogP contribution in [0.3, 0.4) is 0 Å². The van der Waals surface area contributed by atoms with Crippen LogP contribution in [0.15, 0.2) is 71.4 Å². The Balaban J connectivity index is 1.49. The predicted molar refractivity (Wildman–Crippen MR) is 103 cm³/mol. The molecule has 0 atom stereocenters. The first-order valence-corrected chi connectivity index (χ1v) is 8.46. The van der Waals surface area contributed by atoms with Crippen LogP contribution in [0, 0.1) is 0 Å². The number of fused-ring (bicyclic) bond motifs is 1. The van der Waals surface area contributed by atoms with E-state index in [1.807, 2.05) is 54.6 Å². The van der Waals surface area contributed by atoms with E-state index in [1.165, 1.54) is 0 Å². The normalized spacial score (nSPS) is 10.7. The molecule has 0 fully saturated rings. The van der Waals surface area contributed by atoms with Gasteiger partial charge in [0.1, 0.15) is 5.75 Å². The van der Waals surface area contributed by atoms with Gasteiger partial charge in [0.05, 0.1) is 30.4 Å². The Hall–Kier alpha value is -3.67.